The second kappa shape index (κ2) is 8.43. The summed E-state index contributed by atoms with van der Waals surface area (Å²) in [5.74, 6) is -3.68. The van der Waals surface area contributed by atoms with E-state index in [2.05, 4.69) is 4.98 Å². The molecule has 1 saturated heterocycles. The second-order valence-electron chi connectivity index (χ2n) is 7.14. The molecule has 3 heterocycles. The first kappa shape index (κ1) is 20.6. The van der Waals surface area contributed by atoms with Crippen LogP contribution in [0.25, 0.3) is 0 Å². The zero-order valence-corrected chi connectivity index (χ0v) is 18.1. The van der Waals surface area contributed by atoms with Crippen molar-refractivity contribution in [1.29, 1.82) is 0 Å². The van der Waals surface area contributed by atoms with E-state index < -0.39 is 50.8 Å². The average molecular weight is 492 g/mol. The molecule has 1 fully saturated rings. The summed E-state index contributed by atoms with van der Waals surface area (Å²) < 4.78 is 65.5. The number of aliphatic hydroxyl groups is 3. The predicted octanol–water partition coefficient (Wildman–Crippen LogP) is 1.36. The SMILES string of the molecule is [2H]C([2H])(OP1(=O)OCc2cccc(C)c2O1)[C@@]1(F)O[C@@H](n2cc(CO)c(=O)[nH]c2=S)[C@H](O)[C@@H]1O. The van der Waals surface area contributed by atoms with E-state index >= 15 is 4.39 Å². The molecule has 0 bridgehead atoms. The maximum atomic E-state index is 15.8. The minimum atomic E-state index is -4.75. The lowest BCUT2D eigenvalue weighted by Crippen LogP contribution is -2.43. The Balaban J connectivity index is 1.65. The van der Waals surface area contributed by atoms with Crippen molar-refractivity contribution in [3.63, 3.8) is 0 Å². The smallest absolute Gasteiger partial charge is 0.403 e. The fraction of sp³-hybridized carbons (Fsp3) is 0.444. The first-order valence-corrected chi connectivity index (χ1v) is 11.1. The zero-order chi connectivity index (χ0) is 25.1. The Morgan fingerprint density at radius 2 is 2.25 bits per heavy atom. The van der Waals surface area contributed by atoms with Gasteiger partial charge in [-0.2, -0.15) is 0 Å². The summed E-state index contributed by atoms with van der Waals surface area (Å²) in [5, 5.41) is 30.1. The van der Waals surface area contributed by atoms with Crippen LogP contribution in [0.5, 0.6) is 5.75 Å². The summed E-state index contributed by atoms with van der Waals surface area (Å²) in [5.41, 5.74) is 0.0736. The molecule has 4 N–H and O–H groups in total. The number of alkyl halides is 1. The number of aliphatic hydroxyl groups excluding tert-OH is 3. The molecule has 5 atom stereocenters. The summed E-state index contributed by atoms with van der Waals surface area (Å²) >= 11 is 4.96. The standard InChI is InChI=1S/C18H20FN2O9PS/c1-9-3-2-4-10-7-27-31(26,30-13(9)10)28-8-18(19)14(24)12(23)16(29-18)21-5-11(6-22)15(25)20-17(21)32/h2-5,12,14,16,22-24H,6-8H2,1H3,(H,20,25,32)/t12-,14+,16-,18-,31?/m1/s1/i8D2. The third-order valence-corrected chi connectivity index (χ3v) is 6.42. The van der Waals surface area contributed by atoms with E-state index in [0.717, 1.165) is 10.8 Å². The van der Waals surface area contributed by atoms with Crippen molar-refractivity contribution in [3.05, 3.63) is 56.2 Å². The van der Waals surface area contributed by atoms with Crippen LogP contribution >= 0.6 is 20.0 Å². The number of phosphoric acid groups is 1. The Labute approximate surface area is 188 Å². The van der Waals surface area contributed by atoms with E-state index in [1.807, 2.05) is 0 Å². The van der Waals surface area contributed by atoms with Crippen molar-refractivity contribution < 1.29 is 45.3 Å². The number of aryl methyl sites for hydroxylation is 1. The maximum absolute atomic E-state index is 15.8. The van der Waals surface area contributed by atoms with E-state index in [1.165, 1.54) is 0 Å². The van der Waals surface area contributed by atoms with Gasteiger partial charge in [-0.15, -0.1) is 0 Å². The van der Waals surface area contributed by atoms with Gasteiger partial charge in [0.25, 0.3) is 11.4 Å². The molecule has 0 amide bonds. The Morgan fingerprint density at radius 3 is 2.97 bits per heavy atom. The largest absolute Gasteiger partial charge is 0.530 e. The van der Waals surface area contributed by atoms with Crippen molar-refractivity contribution in [1.82, 2.24) is 9.55 Å². The molecule has 0 spiro atoms. The van der Waals surface area contributed by atoms with Crippen molar-refractivity contribution in [2.24, 2.45) is 0 Å². The molecule has 14 heteroatoms. The number of nitrogens with one attached hydrogen (secondary N) is 1. The Bertz CT molecular complexity index is 1290. The number of aromatic nitrogens is 2. The highest BCUT2D eigenvalue weighted by Crippen LogP contribution is 2.56. The van der Waals surface area contributed by atoms with E-state index in [9.17, 15) is 24.7 Å². The van der Waals surface area contributed by atoms with Crippen LogP contribution in [0.4, 0.5) is 4.39 Å². The molecule has 32 heavy (non-hydrogen) atoms. The van der Waals surface area contributed by atoms with Crippen molar-refractivity contribution >= 4 is 20.0 Å². The van der Waals surface area contributed by atoms with Crippen LogP contribution < -0.4 is 10.1 Å². The third kappa shape index (κ3) is 4.06. The number of hydrogen-bond acceptors (Lipinski definition) is 10. The fourth-order valence-electron chi connectivity index (χ4n) is 3.23. The molecule has 1 aromatic heterocycles. The Morgan fingerprint density at radius 1 is 1.50 bits per heavy atom. The number of nitrogens with zero attached hydrogens (tertiary/aromatic N) is 1. The number of fused-ring (bicyclic) bond motifs is 1. The molecule has 2 aliphatic rings. The Kier molecular flexibility index (Phi) is 5.44. The highest BCUT2D eigenvalue weighted by molar-refractivity contribution is 7.71. The van der Waals surface area contributed by atoms with Gasteiger partial charge in [-0.3, -0.25) is 23.4 Å². The lowest BCUT2D eigenvalue weighted by molar-refractivity contribution is -0.205. The molecular formula is C18H20FN2O9PS. The van der Waals surface area contributed by atoms with Crippen LogP contribution in [0.15, 0.2) is 29.2 Å². The molecule has 174 valence electrons. The van der Waals surface area contributed by atoms with Crippen molar-refractivity contribution in [3.8, 4) is 5.75 Å². The monoisotopic (exact) mass is 492 g/mol. The van der Waals surface area contributed by atoms with Gasteiger partial charge in [0.2, 0.25) is 0 Å². The topological polar surface area (TPSA) is 152 Å². The normalized spacial score (nSPS) is 33.2. The fourth-order valence-corrected chi connectivity index (χ4v) is 4.64. The first-order chi connectivity index (χ1) is 15.8. The van der Waals surface area contributed by atoms with Gasteiger partial charge >= 0.3 is 7.82 Å². The van der Waals surface area contributed by atoms with E-state index in [4.69, 9.17) is 33.3 Å². The van der Waals surface area contributed by atoms with Crippen LogP contribution in [0, 0.1) is 11.7 Å². The van der Waals surface area contributed by atoms with E-state index in [-0.39, 0.29) is 22.7 Å². The highest BCUT2D eigenvalue weighted by Gasteiger charge is 2.57. The van der Waals surface area contributed by atoms with Crippen LogP contribution in [-0.2, 0) is 31.6 Å². The number of aromatic amines is 1. The lowest BCUT2D eigenvalue weighted by atomic mass is 10.1. The third-order valence-electron chi connectivity index (χ3n) is 4.95. The lowest BCUT2D eigenvalue weighted by Gasteiger charge is -2.29. The second-order valence-corrected chi connectivity index (χ2v) is 9.04. The van der Waals surface area contributed by atoms with Gasteiger partial charge in [-0.1, -0.05) is 18.2 Å². The number of para-hydroxylation sites is 1. The number of H-pyrrole nitrogens is 1. The number of phosphoric ester groups is 1. The predicted molar refractivity (Wildman–Crippen MR) is 108 cm³/mol. The molecule has 2 aromatic rings. The number of benzene rings is 1. The molecule has 0 radical (unpaired) electrons. The summed E-state index contributed by atoms with van der Waals surface area (Å²) in [7, 11) is -4.75. The number of rotatable bonds is 5. The summed E-state index contributed by atoms with van der Waals surface area (Å²) in [6.07, 6.45) is -5.58. The number of hydrogen-bond donors (Lipinski definition) is 4. The number of halogens is 1. The van der Waals surface area contributed by atoms with Gasteiger partial charge in [-0.25, -0.2) is 8.96 Å². The average Bonchev–Trinajstić information content (AvgIpc) is 2.99. The summed E-state index contributed by atoms with van der Waals surface area (Å²) in [6.45, 7) is -3.06. The Hall–Kier alpha value is -1.96. The van der Waals surface area contributed by atoms with Gasteiger partial charge in [0, 0.05) is 11.8 Å². The summed E-state index contributed by atoms with van der Waals surface area (Å²) in [6, 6.07) is 4.96. The maximum Gasteiger partial charge on any atom is 0.530 e. The molecule has 1 unspecified atom stereocenters. The van der Waals surface area contributed by atoms with Gasteiger partial charge in [-0.05, 0) is 24.7 Å². The molecule has 0 saturated carbocycles. The molecule has 0 aliphatic carbocycles. The van der Waals surface area contributed by atoms with Crippen molar-refractivity contribution in [2.45, 2.75) is 44.4 Å². The number of ether oxygens (including phenoxy) is 1. The van der Waals surface area contributed by atoms with Gasteiger partial charge < -0.3 is 24.6 Å². The van der Waals surface area contributed by atoms with Gasteiger partial charge in [0.1, 0.15) is 24.5 Å². The van der Waals surface area contributed by atoms with Gasteiger partial charge in [0.15, 0.2) is 11.0 Å². The van der Waals surface area contributed by atoms with E-state index in [0.29, 0.717) is 11.1 Å². The quantitative estimate of drug-likeness (QED) is 0.356. The molecule has 1 aromatic carbocycles. The first-order valence-electron chi connectivity index (χ1n) is 10.2. The van der Waals surface area contributed by atoms with Crippen LogP contribution in [-0.4, -0.2) is 49.5 Å². The molecular weight excluding hydrogens is 470 g/mol. The molecule has 11 nitrogen and oxygen atoms in total. The van der Waals surface area contributed by atoms with E-state index in [1.54, 1.807) is 25.1 Å². The minimum Gasteiger partial charge on any atom is -0.403 e. The van der Waals surface area contributed by atoms with Crippen LogP contribution in [0.3, 0.4) is 0 Å². The minimum absolute atomic E-state index is 0.114. The van der Waals surface area contributed by atoms with Gasteiger partial charge in [0.05, 0.1) is 21.5 Å². The molecule has 4 rings (SSSR count). The van der Waals surface area contributed by atoms with Crippen LogP contribution in [0.1, 0.15) is 25.7 Å². The molecule has 2 aliphatic heterocycles. The summed E-state index contributed by atoms with van der Waals surface area (Å²) in [4.78, 5) is 14.0. The van der Waals surface area contributed by atoms with Crippen molar-refractivity contribution in [2.75, 3.05) is 6.56 Å². The highest BCUT2D eigenvalue weighted by atomic mass is 32.1. The van der Waals surface area contributed by atoms with Crippen LogP contribution in [0.2, 0.25) is 0 Å². The zero-order valence-electron chi connectivity index (χ0n) is 18.4.